The molecule has 1 heterocycles. The van der Waals surface area contributed by atoms with Crippen molar-refractivity contribution in [3.05, 3.63) is 46.4 Å². The first-order chi connectivity index (χ1) is 11.3. The Morgan fingerprint density at radius 3 is 2.54 bits per heavy atom. The maximum absolute atomic E-state index is 13.0. The lowest BCUT2D eigenvalue weighted by atomic mass is 10.2. The van der Waals surface area contributed by atoms with Crippen LogP contribution in [0, 0.1) is 6.92 Å². The number of fused-ring (bicyclic) bond motifs is 1. The summed E-state index contributed by atoms with van der Waals surface area (Å²) in [6, 6.07) is 10.0. The molecule has 1 amide bonds. The third-order valence-corrected chi connectivity index (χ3v) is 6.19. The fourth-order valence-electron chi connectivity index (χ4n) is 2.43. The molecule has 3 rings (SSSR count). The summed E-state index contributed by atoms with van der Waals surface area (Å²) in [6.45, 7) is 1.56. The van der Waals surface area contributed by atoms with Crippen molar-refractivity contribution in [1.29, 1.82) is 0 Å². The van der Waals surface area contributed by atoms with Crippen molar-refractivity contribution >= 4 is 43.2 Å². The van der Waals surface area contributed by atoms with E-state index in [1.165, 1.54) is 17.4 Å². The summed E-state index contributed by atoms with van der Waals surface area (Å²) < 4.78 is 33.3. The number of nitrogens with one attached hydrogen (secondary N) is 1. The minimum Gasteiger partial charge on any atom is -0.482 e. The molecule has 0 unspecified atom stereocenters. The van der Waals surface area contributed by atoms with E-state index in [2.05, 4.69) is 21.2 Å². The molecule has 24 heavy (non-hydrogen) atoms. The number of carbonyl (C=O) groups excluding carboxylic acids is 1. The van der Waals surface area contributed by atoms with Gasteiger partial charge in [-0.2, -0.15) is 0 Å². The summed E-state index contributed by atoms with van der Waals surface area (Å²) in [5, 5.41) is 2.67. The molecular weight excluding hydrogens is 396 g/mol. The van der Waals surface area contributed by atoms with Crippen LogP contribution in [0.3, 0.4) is 0 Å². The van der Waals surface area contributed by atoms with Crippen molar-refractivity contribution in [3.63, 3.8) is 0 Å². The molecule has 1 N–H and O–H groups in total. The van der Waals surface area contributed by atoms with E-state index < -0.39 is 10.0 Å². The van der Waals surface area contributed by atoms with E-state index in [4.69, 9.17) is 4.74 Å². The van der Waals surface area contributed by atoms with E-state index in [1.54, 1.807) is 37.3 Å². The van der Waals surface area contributed by atoms with Crippen molar-refractivity contribution in [2.45, 2.75) is 11.8 Å². The van der Waals surface area contributed by atoms with Crippen LogP contribution in [0.4, 0.5) is 11.4 Å². The van der Waals surface area contributed by atoms with Crippen molar-refractivity contribution < 1.29 is 17.9 Å². The number of benzene rings is 2. The first-order valence-corrected chi connectivity index (χ1v) is 9.34. The van der Waals surface area contributed by atoms with Gasteiger partial charge in [-0.3, -0.25) is 9.10 Å². The number of amides is 1. The smallest absolute Gasteiger partial charge is 0.264 e. The summed E-state index contributed by atoms with van der Waals surface area (Å²) in [4.78, 5) is 11.5. The second kappa shape index (κ2) is 6.10. The van der Waals surface area contributed by atoms with E-state index >= 15 is 0 Å². The summed E-state index contributed by atoms with van der Waals surface area (Å²) in [6.07, 6.45) is 0. The number of anilines is 2. The minimum absolute atomic E-state index is 0.127. The molecule has 0 saturated carbocycles. The van der Waals surface area contributed by atoms with Crippen LogP contribution >= 0.6 is 15.9 Å². The molecule has 8 heteroatoms. The average molecular weight is 411 g/mol. The standard InChI is InChI=1S/C16H15BrN2O4S/c1-10-7-13-14(23-9-16(20)18-13)8-15(10)24(21,22)19(2)12-5-3-11(17)4-6-12/h3-8H,9H2,1-2H3,(H,18,20). The molecule has 2 aromatic rings. The van der Waals surface area contributed by atoms with Gasteiger partial charge >= 0.3 is 0 Å². The van der Waals surface area contributed by atoms with Gasteiger partial charge in [0, 0.05) is 17.6 Å². The molecule has 0 aliphatic carbocycles. The van der Waals surface area contributed by atoms with Crippen molar-refractivity contribution in [2.75, 3.05) is 23.3 Å². The number of hydrogen-bond donors (Lipinski definition) is 1. The molecule has 0 saturated heterocycles. The third-order valence-electron chi connectivity index (χ3n) is 3.74. The summed E-state index contributed by atoms with van der Waals surface area (Å²) in [5.74, 6) is 0.0902. The molecule has 0 spiro atoms. The lowest BCUT2D eigenvalue weighted by Gasteiger charge is -2.23. The quantitative estimate of drug-likeness (QED) is 0.843. The van der Waals surface area contributed by atoms with Gasteiger partial charge in [0.1, 0.15) is 5.75 Å². The molecular formula is C16H15BrN2O4S. The van der Waals surface area contributed by atoms with Crippen LogP contribution in [0.2, 0.25) is 0 Å². The summed E-state index contributed by atoms with van der Waals surface area (Å²) in [7, 11) is -2.26. The molecule has 0 atom stereocenters. The monoisotopic (exact) mass is 410 g/mol. The highest BCUT2D eigenvalue weighted by Crippen LogP contribution is 2.34. The molecule has 0 bridgehead atoms. The average Bonchev–Trinajstić information content (AvgIpc) is 2.54. The highest BCUT2D eigenvalue weighted by molar-refractivity contribution is 9.10. The number of rotatable bonds is 3. The van der Waals surface area contributed by atoms with Gasteiger partial charge in [0.05, 0.1) is 16.3 Å². The Balaban J connectivity index is 2.03. The minimum atomic E-state index is -3.76. The Labute approximate surface area is 148 Å². The highest BCUT2D eigenvalue weighted by atomic mass is 79.9. The topological polar surface area (TPSA) is 75.7 Å². The zero-order chi connectivity index (χ0) is 17.5. The first kappa shape index (κ1) is 16.8. The molecule has 6 nitrogen and oxygen atoms in total. The van der Waals surface area contributed by atoms with Crippen LogP contribution in [0.5, 0.6) is 5.75 Å². The number of carbonyl (C=O) groups is 1. The zero-order valence-electron chi connectivity index (χ0n) is 13.0. The van der Waals surface area contributed by atoms with Crippen molar-refractivity contribution in [3.8, 4) is 5.75 Å². The van der Waals surface area contributed by atoms with Crippen molar-refractivity contribution in [2.24, 2.45) is 0 Å². The number of nitrogens with zero attached hydrogens (tertiary/aromatic N) is 1. The third kappa shape index (κ3) is 2.99. The van der Waals surface area contributed by atoms with Crippen LogP contribution in [-0.4, -0.2) is 28.0 Å². The van der Waals surface area contributed by atoms with Gasteiger partial charge in [0.15, 0.2) is 6.61 Å². The maximum Gasteiger partial charge on any atom is 0.264 e. The van der Waals surface area contributed by atoms with Crippen LogP contribution in [-0.2, 0) is 14.8 Å². The lowest BCUT2D eigenvalue weighted by molar-refractivity contribution is -0.118. The van der Waals surface area contributed by atoms with Crippen LogP contribution < -0.4 is 14.4 Å². The van der Waals surface area contributed by atoms with Gasteiger partial charge in [-0.25, -0.2) is 8.42 Å². The molecule has 0 radical (unpaired) electrons. The zero-order valence-corrected chi connectivity index (χ0v) is 15.4. The van der Waals surface area contributed by atoms with Gasteiger partial charge in [0.2, 0.25) is 0 Å². The Bertz CT molecular complexity index is 910. The molecule has 0 fully saturated rings. The van der Waals surface area contributed by atoms with Gasteiger partial charge < -0.3 is 10.1 Å². The summed E-state index contributed by atoms with van der Waals surface area (Å²) in [5.41, 5.74) is 1.56. The van der Waals surface area contributed by atoms with Crippen LogP contribution in [0.15, 0.2) is 45.8 Å². The normalized spacial score (nSPS) is 13.7. The highest BCUT2D eigenvalue weighted by Gasteiger charge is 2.27. The Hall–Kier alpha value is -2.06. The maximum atomic E-state index is 13.0. The Morgan fingerprint density at radius 2 is 1.88 bits per heavy atom. The molecule has 1 aliphatic rings. The Morgan fingerprint density at radius 1 is 1.21 bits per heavy atom. The summed E-state index contributed by atoms with van der Waals surface area (Å²) >= 11 is 3.33. The van der Waals surface area contributed by atoms with Crippen LogP contribution in [0.1, 0.15) is 5.56 Å². The second-order valence-corrected chi connectivity index (χ2v) is 8.25. The molecule has 126 valence electrons. The largest absolute Gasteiger partial charge is 0.482 e. The number of ether oxygens (including phenoxy) is 1. The number of sulfonamides is 1. The van der Waals surface area contributed by atoms with E-state index in [9.17, 15) is 13.2 Å². The van der Waals surface area contributed by atoms with E-state index in [0.29, 0.717) is 22.7 Å². The fourth-order valence-corrected chi connectivity index (χ4v) is 4.11. The van der Waals surface area contributed by atoms with Gasteiger partial charge in [0.25, 0.3) is 15.9 Å². The predicted molar refractivity (Wildman–Crippen MR) is 95.0 cm³/mol. The van der Waals surface area contributed by atoms with Gasteiger partial charge in [-0.15, -0.1) is 0 Å². The SMILES string of the molecule is Cc1cc2c(cc1S(=O)(=O)N(C)c1ccc(Br)cc1)OCC(=O)N2. The van der Waals surface area contributed by atoms with Gasteiger partial charge in [-0.1, -0.05) is 15.9 Å². The van der Waals surface area contributed by atoms with E-state index in [1.807, 2.05) is 0 Å². The number of hydrogen-bond acceptors (Lipinski definition) is 4. The van der Waals surface area contributed by atoms with E-state index in [0.717, 1.165) is 4.47 Å². The van der Waals surface area contributed by atoms with Crippen molar-refractivity contribution in [1.82, 2.24) is 0 Å². The second-order valence-electron chi connectivity index (χ2n) is 5.40. The first-order valence-electron chi connectivity index (χ1n) is 7.11. The van der Waals surface area contributed by atoms with Crippen LogP contribution in [0.25, 0.3) is 0 Å². The van der Waals surface area contributed by atoms with E-state index in [-0.39, 0.29) is 17.4 Å². The predicted octanol–water partition coefficient (Wildman–Crippen LogP) is 2.91. The number of halogens is 1. The fraction of sp³-hybridized carbons (Fsp3) is 0.188. The number of aryl methyl sites for hydroxylation is 1. The molecule has 0 aromatic heterocycles. The molecule has 1 aliphatic heterocycles. The Kier molecular flexibility index (Phi) is 4.27. The van der Waals surface area contributed by atoms with Gasteiger partial charge in [-0.05, 0) is 42.8 Å². The molecule has 2 aromatic carbocycles. The lowest BCUT2D eigenvalue weighted by Crippen LogP contribution is -2.29.